The molecule has 0 bridgehead atoms. The minimum Gasteiger partial charge on any atom is -0.482 e. The zero-order valence-corrected chi connectivity index (χ0v) is 13.7. The van der Waals surface area contributed by atoms with Crippen molar-refractivity contribution in [1.29, 1.82) is 0 Å². The van der Waals surface area contributed by atoms with Crippen LogP contribution in [0.1, 0.15) is 12.8 Å². The van der Waals surface area contributed by atoms with E-state index in [9.17, 15) is 9.59 Å². The van der Waals surface area contributed by atoms with Gasteiger partial charge in [-0.2, -0.15) is 0 Å². The number of benzene rings is 1. The largest absolute Gasteiger partial charge is 0.482 e. The molecule has 2 amide bonds. The molecule has 0 spiro atoms. The summed E-state index contributed by atoms with van der Waals surface area (Å²) in [5, 5.41) is 0.449. The van der Waals surface area contributed by atoms with E-state index in [-0.39, 0.29) is 24.3 Å². The van der Waals surface area contributed by atoms with Crippen molar-refractivity contribution in [2.75, 3.05) is 19.7 Å². The summed E-state index contributed by atoms with van der Waals surface area (Å²) in [7, 11) is 0. The molecule has 1 fully saturated rings. The average molecular weight is 376 g/mol. The second kappa shape index (κ2) is 7.13. The van der Waals surface area contributed by atoms with Crippen molar-refractivity contribution >= 4 is 39.3 Å². The zero-order valence-electron chi connectivity index (χ0n) is 11.4. The fraction of sp³-hybridized carbons (Fsp3) is 0.429. The summed E-state index contributed by atoms with van der Waals surface area (Å²) in [5.41, 5.74) is 5.27. The third-order valence-corrected chi connectivity index (χ3v) is 4.28. The highest BCUT2D eigenvalue weighted by Crippen LogP contribution is 2.27. The highest BCUT2D eigenvalue weighted by molar-refractivity contribution is 9.10. The number of amides is 2. The second-order valence-corrected chi connectivity index (χ2v) is 6.24. The molecule has 5 nitrogen and oxygen atoms in total. The van der Waals surface area contributed by atoms with Crippen molar-refractivity contribution in [3.05, 3.63) is 27.7 Å². The molecule has 1 aromatic carbocycles. The van der Waals surface area contributed by atoms with Gasteiger partial charge in [0.1, 0.15) is 5.75 Å². The van der Waals surface area contributed by atoms with E-state index >= 15 is 0 Å². The molecule has 0 unspecified atom stereocenters. The number of ether oxygens (including phenoxy) is 1. The number of halogens is 2. The molecule has 1 aromatic rings. The monoisotopic (exact) mass is 374 g/mol. The van der Waals surface area contributed by atoms with Gasteiger partial charge in [-0.05, 0) is 31.0 Å². The van der Waals surface area contributed by atoms with Crippen LogP contribution in [0.3, 0.4) is 0 Å². The van der Waals surface area contributed by atoms with Crippen LogP contribution in [0.2, 0.25) is 5.02 Å². The summed E-state index contributed by atoms with van der Waals surface area (Å²) in [6.45, 7) is 0.996. The zero-order chi connectivity index (χ0) is 15.4. The Labute approximate surface area is 136 Å². The number of likely N-dealkylation sites (tertiary alicyclic amines) is 1. The van der Waals surface area contributed by atoms with Gasteiger partial charge >= 0.3 is 0 Å². The van der Waals surface area contributed by atoms with Crippen LogP contribution in [0.25, 0.3) is 0 Å². The number of carbonyl (C=O) groups is 2. The first-order valence-electron chi connectivity index (χ1n) is 6.62. The summed E-state index contributed by atoms with van der Waals surface area (Å²) in [4.78, 5) is 24.8. The first kappa shape index (κ1) is 16.1. The molecule has 0 radical (unpaired) electrons. The van der Waals surface area contributed by atoms with Crippen molar-refractivity contribution in [3.8, 4) is 5.75 Å². The van der Waals surface area contributed by atoms with Crippen LogP contribution in [0.15, 0.2) is 22.7 Å². The van der Waals surface area contributed by atoms with Gasteiger partial charge in [0.25, 0.3) is 5.91 Å². The number of nitrogens with zero attached hydrogens (tertiary/aromatic N) is 1. The Balaban J connectivity index is 1.84. The Bertz CT molecular complexity index is 545. The Morgan fingerprint density at radius 3 is 2.62 bits per heavy atom. The molecule has 2 rings (SSSR count). The molecule has 2 N–H and O–H groups in total. The van der Waals surface area contributed by atoms with E-state index in [4.69, 9.17) is 22.1 Å². The van der Waals surface area contributed by atoms with Crippen LogP contribution < -0.4 is 10.5 Å². The average Bonchev–Trinajstić information content (AvgIpc) is 2.46. The van der Waals surface area contributed by atoms with Gasteiger partial charge in [-0.3, -0.25) is 9.59 Å². The van der Waals surface area contributed by atoms with Crippen LogP contribution in [0.4, 0.5) is 0 Å². The van der Waals surface area contributed by atoms with Gasteiger partial charge in [0.05, 0.1) is 5.02 Å². The number of carbonyl (C=O) groups excluding carboxylic acids is 2. The molecule has 0 aromatic heterocycles. The Morgan fingerprint density at radius 1 is 1.38 bits per heavy atom. The molecule has 1 aliphatic rings. The topological polar surface area (TPSA) is 72.6 Å². The van der Waals surface area contributed by atoms with Crippen LogP contribution in [0, 0.1) is 5.92 Å². The molecule has 21 heavy (non-hydrogen) atoms. The fourth-order valence-electron chi connectivity index (χ4n) is 2.24. The van der Waals surface area contributed by atoms with Gasteiger partial charge in [-0.1, -0.05) is 27.5 Å². The van der Waals surface area contributed by atoms with Gasteiger partial charge in [-0.25, -0.2) is 0 Å². The number of piperidine rings is 1. The Hall–Kier alpha value is -1.27. The standard InChI is InChI=1S/C14H16BrClN2O3/c15-10-1-2-12(11(16)7-10)21-8-13(19)18-5-3-9(4-6-18)14(17)20/h1-2,7,9H,3-6,8H2,(H2,17,20). The summed E-state index contributed by atoms with van der Waals surface area (Å²) >= 11 is 9.32. The predicted octanol–water partition coefficient (Wildman–Crippen LogP) is 2.21. The number of hydrogen-bond acceptors (Lipinski definition) is 3. The van der Waals surface area contributed by atoms with E-state index in [2.05, 4.69) is 15.9 Å². The summed E-state index contributed by atoms with van der Waals surface area (Å²) in [6.07, 6.45) is 1.22. The highest BCUT2D eigenvalue weighted by Gasteiger charge is 2.26. The third-order valence-electron chi connectivity index (χ3n) is 3.50. The minimum atomic E-state index is -0.292. The lowest BCUT2D eigenvalue weighted by Crippen LogP contribution is -2.43. The Kier molecular flexibility index (Phi) is 5.47. The van der Waals surface area contributed by atoms with E-state index in [1.807, 2.05) is 0 Å². The van der Waals surface area contributed by atoms with Crippen molar-refractivity contribution in [3.63, 3.8) is 0 Å². The summed E-state index contributed by atoms with van der Waals surface area (Å²) < 4.78 is 6.29. The smallest absolute Gasteiger partial charge is 0.260 e. The van der Waals surface area contributed by atoms with Gasteiger partial charge in [0.15, 0.2) is 6.61 Å². The first-order valence-corrected chi connectivity index (χ1v) is 7.79. The second-order valence-electron chi connectivity index (χ2n) is 4.92. The van der Waals surface area contributed by atoms with Crippen molar-refractivity contribution in [1.82, 2.24) is 4.90 Å². The van der Waals surface area contributed by atoms with Gasteiger partial charge < -0.3 is 15.4 Å². The maximum Gasteiger partial charge on any atom is 0.260 e. The summed E-state index contributed by atoms with van der Waals surface area (Å²) in [5.74, 6) is -0.0620. The summed E-state index contributed by atoms with van der Waals surface area (Å²) in [6, 6.07) is 5.21. The lowest BCUT2D eigenvalue weighted by molar-refractivity contribution is -0.136. The molecule has 0 atom stereocenters. The van der Waals surface area contributed by atoms with Crippen molar-refractivity contribution in [2.24, 2.45) is 11.7 Å². The normalized spacial score (nSPS) is 15.8. The van der Waals surface area contributed by atoms with E-state index in [1.54, 1.807) is 23.1 Å². The maximum absolute atomic E-state index is 12.1. The lowest BCUT2D eigenvalue weighted by Gasteiger charge is -2.30. The lowest BCUT2D eigenvalue weighted by atomic mass is 9.96. The van der Waals surface area contributed by atoms with Crippen LogP contribution >= 0.6 is 27.5 Å². The van der Waals surface area contributed by atoms with Crippen LogP contribution in [-0.4, -0.2) is 36.4 Å². The molecule has 7 heteroatoms. The van der Waals surface area contributed by atoms with E-state index < -0.39 is 0 Å². The molecule has 114 valence electrons. The fourth-order valence-corrected chi connectivity index (χ4v) is 2.96. The molecule has 0 saturated carbocycles. The molecule has 1 aliphatic heterocycles. The van der Waals surface area contributed by atoms with E-state index in [0.29, 0.717) is 36.7 Å². The molecular weight excluding hydrogens is 360 g/mol. The molecule has 1 heterocycles. The van der Waals surface area contributed by atoms with Gasteiger partial charge in [-0.15, -0.1) is 0 Å². The molecule has 0 aliphatic carbocycles. The van der Waals surface area contributed by atoms with Gasteiger partial charge in [0.2, 0.25) is 5.91 Å². The predicted molar refractivity (Wildman–Crippen MR) is 83.1 cm³/mol. The SMILES string of the molecule is NC(=O)C1CCN(C(=O)COc2ccc(Br)cc2Cl)CC1. The van der Waals surface area contributed by atoms with Crippen molar-refractivity contribution < 1.29 is 14.3 Å². The van der Waals surface area contributed by atoms with E-state index in [1.165, 1.54) is 0 Å². The van der Waals surface area contributed by atoms with Crippen LogP contribution in [0.5, 0.6) is 5.75 Å². The number of hydrogen-bond donors (Lipinski definition) is 1. The molecule has 1 saturated heterocycles. The number of rotatable bonds is 4. The Morgan fingerprint density at radius 2 is 2.05 bits per heavy atom. The van der Waals surface area contributed by atoms with Crippen LogP contribution in [-0.2, 0) is 9.59 Å². The first-order chi connectivity index (χ1) is 9.97. The third kappa shape index (κ3) is 4.35. The maximum atomic E-state index is 12.1. The number of nitrogens with two attached hydrogens (primary N) is 1. The minimum absolute atomic E-state index is 0.0669. The number of primary amides is 1. The highest BCUT2D eigenvalue weighted by atomic mass is 79.9. The quantitative estimate of drug-likeness (QED) is 0.877. The van der Waals surface area contributed by atoms with Crippen molar-refractivity contribution in [2.45, 2.75) is 12.8 Å². The van der Waals surface area contributed by atoms with E-state index in [0.717, 1.165) is 4.47 Å². The molecular formula is C14H16BrClN2O3. The van der Waals surface area contributed by atoms with Gasteiger partial charge in [0, 0.05) is 23.5 Å².